The Kier molecular flexibility index (Phi) is 8.10. The van der Waals surface area contributed by atoms with Crippen molar-refractivity contribution in [2.24, 2.45) is 11.8 Å². The second-order valence-corrected chi connectivity index (χ2v) is 6.72. The number of carbonyl (C=O) groups excluding carboxylic acids is 1. The molecule has 0 N–H and O–H groups in total. The summed E-state index contributed by atoms with van der Waals surface area (Å²) in [7, 11) is 1.47. The van der Waals surface area contributed by atoms with Gasteiger partial charge in [0, 0.05) is 13.1 Å². The first kappa shape index (κ1) is 18.8. The quantitative estimate of drug-likeness (QED) is 0.824. The molecular formula is C20H32N2O2. The number of ether oxygens (including phenoxy) is 1. The molecule has 1 aromatic rings. The molecule has 2 saturated heterocycles. The lowest BCUT2D eigenvalue weighted by Gasteiger charge is -2.39. The maximum atomic E-state index is 11.4. The van der Waals surface area contributed by atoms with Crippen LogP contribution in [0.3, 0.4) is 0 Å². The summed E-state index contributed by atoms with van der Waals surface area (Å²) < 4.78 is 4.78. The van der Waals surface area contributed by atoms with Crippen LogP contribution in [0.2, 0.25) is 0 Å². The molecule has 1 aromatic carbocycles. The first-order valence-corrected chi connectivity index (χ1v) is 9.29. The van der Waals surface area contributed by atoms with Crippen molar-refractivity contribution in [1.82, 2.24) is 9.80 Å². The zero-order valence-corrected chi connectivity index (χ0v) is 15.2. The van der Waals surface area contributed by atoms with Gasteiger partial charge in [0.25, 0.3) is 0 Å². The number of rotatable bonds is 2. The molecule has 24 heavy (non-hydrogen) atoms. The van der Waals surface area contributed by atoms with Gasteiger partial charge in [0.15, 0.2) is 0 Å². The Morgan fingerprint density at radius 1 is 0.875 bits per heavy atom. The highest BCUT2D eigenvalue weighted by atomic mass is 16.5. The van der Waals surface area contributed by atoms with Crippen molar-refractivity contribution < 1.29 is 9.53 Å². The van der Waals surface area contributed by atoms with Crippen LogP contribution in [0.15, 0.2) is 36.4 Å². The SMILES string of the molecule is CCN1CCC(C2CCN(C(=O)OC)CC2)CC1.c1ccccc1. The van der Waals surface area contributed by atoms with E-state index in [1.54, 1.807) is 0 Å². The maximum Gasteiger partial charge on any atom is 0.409 e. The van der Waals surface area contributed by atoms with Crippen molar-refractivity contribution in [3.63, 3.8) is 0 Å². The molecule has 2 heterocycles. The monoisotopic (exact) mass is 332 g/mol. The van der Waals surface area contributed by atoms with Crippen LogP contribution >= 0.6 is 0 Å². The third-order valence-electron chi connectivity index (χ3n) is 5.39. The van der Waals surface area contributed by atoms with Crippen molar-refractivity contribution in [2.75, 3.05) is 39.8 Å². The minimum absolute atomic E-state index is 0.158. The highest BCUT2D eigenvalue weighted by molar-refractivity contribution is 5.67. The highest BCUT2D eigenvalue weighted by Gasteiger charge is 2.30. The van der Waals surface area contributed by atoms with Crippen molar-refractivity contribution in [2.45, 2.75) is 32.6 Å². The van der Waals surface area contributed by atoms with Gasteiger partial charge in [-0.25, -0.2) is 4.79 Å². The summed E-state index contributed by atoms with van der Waals surface area (Å²) in [6.07, 6.45) is 4.85. The predicted molar refractivity (Wildman–Crippen MR) is 98.0 cm³/mol. The molecule has 0 radical (unpaired) electrons. The molecule has 0 aromatic heterocycles. The molecule has 0 saturated carbocycles. The Morgan fingerprint density at radius 2 is 1.29 bits per heavy atom. The number of hydrogen-bond acceptors (Lipinski definition) is 3. The first-order valence-electron chi connectivity index (χ1n) is 9.29. The summed E-state index contributed by atoms with van der Waals surface area (Å²) in [5.74, 6) is 1.71. The third-order valence-corrected chi connectivity index (χ3v) is 5.39. The molecule has 0 spiro atoms. The van der Waals surface area contributed by atoms with E-state index in [0.29, 0.717) is 0 Å². The molecule has 3 rings (SSSR count). The van der Waals surface area contributed by atoms with Gasteiger partial charge in [-0.05, 0) is 57.2 Å². The van der Waals surface area contributed by atoms with Crippen molar-refractivity contribution in [3.8, 4) is 0 Å². The van der Waals surface area contributed by atoms with E-state index < -0.39 is 0 Å². The molecule has 2 aliphatic heterocycles. The van der Waals surface area contributed by atoms with Gasteiger partial charge in [0.2, 0.25) is 0 Å². The number of carbonyl (C=O) groups is 1. The van der Waals surface area contributed by atoms with Crippen molar-refractivity contribution >= 4 is 6.09 Å². The zero-order valence-electron chi connectivity index (χ0n) is 15.2. The van der Waals surface area contributed by atoms with E-state index in [1.807, 2.05) is 41.3 Å². The fourth-order valence-corrected chi connectivity index (χ4v) is 3.81. The van der Waals surface area contributed by atoms with Crippen molar-refractivity contribution in [1.29, 1.82) is 0 Å². The number of amides is 1. The zero-order chi connectivity index (χ0) is 17.2. The number of hydrogen-bond donors (Lipinski definition) is 0. The summed E-state index contributed by atoms with van der Waals surface area (Å²) in [5.41, 5.74) is 0. The average molecular weight is 332 g/mol. The van der Waals surface area contributed by atoms with E-state index in [-0.39, 0.29) is 6.09 Å². The third kappa shape index (κ3) is 5.82. The highest BCUT2D eigenvalue weighted by Crippen LogP contribution is 2.32. The molecule has 134 valence electrons. The summed E-state index contributed by atoms with van der Waals surface area (Å²) in [6.45, 7) is 7.72. The number of methoxy groups -OCH3 is 1. The van der Waals surface area contributed by atoms with Gasteiger partial charge in [-0.1, -0.05) is 43.3 Å². The lowest BCUT2D eigenvalue weighted by Crippen LogP contribution is -2.42. The Hall–Kier alpha value is -1.55. The van der Waals surface area contributed by atoms with E-state index in [1.165, 1.54) is 39.6 Å². The van der Waals surface area contributed by atoms with Crippen molar-refractivity contribution in [3.05, 3.63) is 36.4 Å². The Balaban J connectivity index is 0.000000292. The van der Waals surface area contributed by atoms with Gasteiger partial charge in [0.1, 0.15) is 0 Å². The average Bonchev–Trinajstić information content (AvgIpc) is 2.69. The molecule has 0 atom stereocenters. The number of nitrogens with zero attached hydrogens (tertiary/aromatic N) is 2. The molecule has 0 unspecified atom stereocenters. The van der Waals surface area contributed by atoms with E-state index in [0.717, 1.165) is 37.8 Å². The lowest BCUT2D eigenvalue weighted by atomic mass is 9.79. The van der Waals surface area contributed by atoms with Gasteiger partial charge >= 0.3 is 6.09 Å². The fourth-order valence-electron chi connectivity index (χ4n) is 3.81. The van der Waals surface area contributed by atoms with Crippen LogP contribution in [0.25, 0.3) is 0 Å². The molecule has 4 nitrogen and oxygen atoms in total. The summed E-state index contributed by atoms with van der Waals surface area (Å²) >= 11 is 0. The maximum absolute atomic E-state index is 11.4. The molecule has 4 heteroatoms. The Labute approximate surface area is 146 Å². The number of likely N-dealkylation sites (tertiary alicyclic amines) is 2. The summed E-state index contributed by atoms with van der Waals surface area (Å²) in [4.78, 5) is 15.8. The molecule has 2 fully saturated rings. The first-order chi connectivity index (χ1) is 11.7. The minimum atomic E-state index is -0.158. The summed E-state index contributed by atoms with van der Waals surface area (Å²) in [5, 5.41) is 0. The standard InChI is InChI=1S/C14H26N2O2.C6H6/c1-3-15-8-4-12(5-9-15)13-6-10-16(11-7-13)14(17)18-2;1-2-4-6-5-3-1/h12-13H,3-11H2,1-2H3;1-6H. The van der Waals surface area contributed by atoms with Crippen LogP contribution in [0.5, 0.6) is 0 Å². The van der Waals surface area contributed by atoms with E-state index >= 15 is 0 Å². The van der Waals surface area contributed by atoms with Gasteiger partial charge < -0.3 is 14.5 Å². The molecule has 1 amide bonds. The number of benzene rings is 1. The normalized spacial score (nSPS) is 20.2. The number of piperidine rings is 2. The van der Waals surface area contributed by atoms with Crippen LogP contribution < -0.4 is 0 Å². The van der Waals surface area contributed by atoms with Crippen LogP contribution in [0.1, 0.15) is 32.6 Å². The van der Waals surface area contributed by atoms with Gasteiger partial charge in [-0.3, -0.25) is 0 Å². The van der Waals surface area contributed by atoms with Crippen LogP contribution in [-0.2, 0) is 4.74 Å². The largest absolute Gasteiger partial charge is 0.453 e. The smallest absolute Gasteiger partial charge is 0.409 e. The van der Waals surface area contributed by atoms with Gasteiger partial charge in [-0.15, -0.1) is 0 Å². The fraction of sp³-hybridized carbons (Fsp3) is 0.650. The predicted octanol–water partition coefficient (Wildman–Crippen LogP) is 3.88. The lowest BCUT2D eigenvalue weighted by molar-refractivity contribution is 0.0801. The van der Waals surface area contributed by atoms with E-state index in [2.05, 4.69) is 11.8 Å². The van der Waals surface area contributed by atoms with E-state index in [4.69, 9.17) is 4.74 Å². The molecule has 0 bridgehead atoms. The summed E-state index contributed by atoms with van der Waals surface area (Å²) in [6, 6.07) is 12.0. The van der Waals surface area contributed by atoms with Crippen LogP contribution in [0, 0.1) is 11.8 Å². The van der Waals surface area contributed by atoms with Gasteiger partial charge in [0.05, 0.1) is 7.11 Å². The second kappa shape index (κ2) is 10.3. The molecule has 2 aliphatic rings. The molecule has 0 aliphatic carbocycles. The van der Waals surface area contributed by atoms with Crippen LogP contribution in [0.4, 0.5) is 4.79 Å². The Bertz CT molecular complexity index is 423. The Morgan fingerprint density at radius 3 is 1.67 bits per heavy atom. The minimum Gasteiger partial charge on any atom is -0.453 e. The van der Waals surface area contributed by atoms with E-state index in [9.17, 15) is 4.79 Å². The van der Waals surface area contributed by atoms with Gasteiger partial charge in [-0.2, -0.15) is 0 Å². The second-order valence-electron chi connectivity index (χ2n) is 6.72. The molecular weight excluding hydrogens is 300 g/mol. The topological polar surface area (TPSA) is 32.8 Å². The van der Waals surface area contributed by atoms with Crippen LogP contribution in [-0.4, -0.2) is 55.7 Å².